The quantitative estimate of drug-likeness (QED) is 0.385. The molecule has 0 saturated heterocycles. The van der Waals surface area contributed by atoms with Crippen LogP contribution in [-0.2, 0) is 0 Å². The fourth-order valence-electron chi connectivity index (χ4n) is 2.47. The number of nitrogens with zero attached hydrogens (tertiary/aromatic N) is 1. The standard InChI is InChI=1S/C18H7Cl6NO2/c19-11-3-1-8(13(21)15(11)23)7-5-10(17(18(26)27)25-6-7)9-2-4-12(20)16(24)14(9)22/h1-6H,(H,26,27). The minimum Gasteiger partial charge on any atom is -0.476 e. The second kappa shape index (κ2) is 8.04. The van der Waals surface area contributed by atoms with Gasteiger partial charge in [0.15, 0.2) is 5.69 Å². The van der Waals surface area contributed by atoms with Crippen molar-refractivity contribution in [1.29, 1.82) is 0 Å². The summed E-state index contributed by atoms with van der Waals surface area (Å²) in [7, 11) is 0. The summed E-state index contributed by atoms with van der Waals surface area (Å²) in [5.41, 5.74) is 1.49. The first-order valence-corrected chi connectivity index (χ1v) is 9.50. The number of pyridine rings is 1. The normalized spacial score (nSPS) is 10.9. The van der Waals surface area contributed by atoms with Crippen molar-refractivity contribution in [2.45, 2.75) is 0 Å². The largest absolute Gasteiger partial charge is 0.476 e. The maximum Gasteiger partial charge on any atom is 0.355 e. The molecule has 0 spiro atoms. The molecule has 3 nitrogen and oxygen atoms in total. The molecule has 1 aromatic heterocycles. The van der Waals surface area contributed by atoms with E-state index in [2.05, 4.69) is 4.98 Å². The van der Waals surface area contributed by atoms with Crippen molar-refractivity contribution >= 4 is 75.6 Å². The van der Waals surface area contributed by atoms with Crippen molar-refractivity contribution < 1.29 is 9.90 Å². The van der Waals surface area contributed by atoms with Gasteiger partial charge < -0.3 is 5.11 Å². The molecule has 9 heteroatoms. The number of benzene rings is 2. The van der Waals surface area contributed by atoms with Crippen molar-refractivity contribution in [3.8, 4) is 22.3 Å². The third-order valence-corrected chi connectivity index (χ3v) is 6.35. The minimum atomic E-state index is -1.22. The summed E-state index contributed by atoms with van der Waals surface area (Å²) in [5.74, 6) is -1.22. The van der Waals surface area contributed by atoms with Crippen LogP contribution in [0.5, 0.6) is 0 Å². The Balaban J connectivity index is 2.29. The summed E-state index contributed by atoms with van der Waals surface area (Å²) in [6.07, 6.45) is 1.38. The third kappa shape index (κ3) is 3.86. The molecule has 0 atom stereocenters. The minimum absolute atomic E-state index is 0.116. The van der Waals surface area contributed by atoms with E-state index in [1.807, 2.05) is 0 Å². The molecule has 1 heterocycles. The van der Waals surface area contributed by atoms with Gasteiger partial charge in [0.05, 0.1) is 30.1 Å². The van der Waals surface area contributed by atoms with E-state index < -0.39 is 5.97 Å². The molecule has 0 saturated carbocycles. The van der Waals surface area contributed by atoms with E-state index in [-0.39, 0.29) is 36.4 Å². The zero-order chi connectivity index (χ0) is 19.9. The molecule has 0 fully saturated rings. The van der Waals surface area contributed by atoms with Crippen molar-refractivity contribution in [3.05, 3.63) is 72.4 Å². The van der Waals surface area contributed by atoms with E-state index in [1.54, 1.807) is 24.3 Å². The Hall–Kier alpha value is -1.20. The molecular weight excluding hydrogens is 475 g/mol. The van der Waals surface area contributed by atoms with Gasteiger partial charge in [-0.25, -0.2) is 9.78 Å². The lowest BCUT2D eigenvalue weighted by Crippen LogP contribution is -2.04. The molecule has 0 bridgehead atoms. The van der Waals surface area contributed by atoms with Crippen LogP contribution in [0.4, 0.5) is 0 Å². The highest BCUT2D eigenvalue weighted by atomic mass is 35.5. The molecule has 1 N–H and O–H groups in total. The van der Waals surface area contributed by atoms with Gasteiger partial charge in [0.2, 0.25) is 0 Å². The Morgan fingerprint density at radius 2 is 1.26 bits per heavy atom. The molecule has 27 heavy (non-hydrogen) atoms. The van der Waals surface area contributed by atoms with E-state index in [0.29, 0.717) is 21.7 Å². The van der Waals surface area contributed by atoms with Crippen LogP contribution in [0.1, 0.15) is 10.5 Å². The van der Waals surface area contributed by atoms with Gasteiger partial charge in [-0.1, -0.05) is 81.7 Å². The predicted octanol–water partition coefficient (Wildman–Crippen LogP) is 8.03. The van der Waals surface area contributed by atoms with E-state index in [1.165, 1.54) is 12.3 Å². The molecule has 0 amide bonds. The summed E-state index contributed by atoms with van der Waals surface area (Å²) in [4.78, 5) is 15.7. The fraction of sp³-hybridized carbons (Fsp3) is 0. The number of aromatic nitrogens is 1. The molecule has 0 aliphatic rings. The first-order valence-electron chi connectivity index (χ1n) is 7.23. The predicted molar refractivity (Wildman–Crippen MR) is 112 cm³/mol. The van der Waals surface area contributed by atoms with Gasteiger partial charge in [-0.15, -0.1) is 0 Å². The molecule has 3 rings (SSSR count). The van der Waals surface area contributed by atoms with Gasteiger partial charge in [-0.2, -0.15) is 0 Å². The molecule has 2 aromatic carbocycles. The van der Waals surface area contributed by atoms with Crippen LogP contribution in [0.3, 0.4) is 0 Å². The number of aromatic carboxylic acids is 1. The summed E-state index contributed by atoms with van der Waals surface area (Å²) >= 11 is 36.7. The number of carboxylic acid groups (broad SMARTS) is 1. The summed E-state index contributed by atoms with van der Waals surface area (Å²) in [5, 5.41) is 10.7. The van der Waals surface area contributed by atoms with Crippen LogP contribution in [0.25, 0.3) is 22.3 Å². The average molecular weight is 482 g/mol. The first-order chi connectivity index (χ1) is 12.7. The van der Waals surface area contributed by atoms with E-state index >= 15 is 0 Å². The maximum absolute atomic E-state index is 11.6. The van der Waals surface area contributed by atoms with Gasteiger partial charge in [-0.05, 0) is 18.2 Å². The summed E-state index contributed by atoms with van der Waals surface area (Å²) in [6.45, 7) is 0. The van der Waals surface area contributed by atoms with E-state index in [4.69, 9.17) is 69.6 Å². The Morgan fingerprint density at radius 3 is 1.81 bits per heavy atom. The number of carboxylic acids is 1. The summed E-state index contributed by atoms with van der Waals surface area (Å²) in [6, 6.07) is 7.93. The molecule has 0 unspecified atom stereocenters. The lowest BCUT2D eigenvalue weighted by molar-refractivity contribution is 0.0691. The van der Waals surface area contributed by atoms with E-state index in [0.717, 1.165) is 0 Å². The average Bonchev–Trinajstić information content (AvgIpc) is 2.64. The highest BCUT2D eigenvalue weighted by molar-refractivity contribution is 6.50. The van der Waals surface area contributed by atoms with Gasteiger partial charge >= 0.3 is 5.97 Å². The van der Waals surface area contributed by atoms with Crippen LogP contribution in [0.15, 0.2) is 36.5 Å². The Labute approximate surface area is 184 Å². The lowest BCUT2D eigenvalue weighted by atomic mass is 9.99. The number of hydrogen-bond donors (Lipinski definition) is 1. The smallest absolute Gasteiger partial charge is 0.355 e. The fourth-order valence-corrected chi connectivity index (χ4v) is 3.75. The third-order valence-electron chi connectivity index (χ3n) is 3.76. The molecule has 0 aliphatic heterocycles. The monoisotopic (exact) mass is 479 g/mol. The van der Waals surface area contributed by atoms with Gasteiger partial charge in [-0.3, -0.25) is 0 Å². The Morgan fingerprint density at radius 1 is 0.741 bits per heavy atom. The van der Waals surface area contributed by atoms with Crippen molar-refractivity contribution in [1.82, 2.24) is 4.98 Å². The van der Waals surface area contributed by atoms with Crippen molar-refractivity contribution in [2.24, 2.45) is 0 Å². The number of rotatable bonds is 3. The van der Waals surface area contributed by atoms with Crippen molar-refractivity contribution in [2.75, 3.05) is 0 Å². The van der Waals surface area contributed by atoms with Crippen molar-refractivity contribution in [3.63, 3.8) is 0 Å². The second-order valence-electron chi connectivity index (χ2n) is 5.37. The maximum atomic E-state index is 11.6. The zero-order valence-electron chi connectivity index (χ0n) is 13.0. The number of hydrogen-bond acceptors (Lipinski definition) is 2. The van der Waals surface area contributed by atoms with E-state index in [9.17, 15) is 9.90 Å². The van der Waals surface area contributed by atoms with Gasteiger partial charge in [0, 0.05) is 28.5 Å². The highest BCUT2D eigenvalue weighted by Crippen LogP contribution is 2.42. The molecule has 3 aromatic rings. The van der Waals surface area contributed by atoms with Gasteiger partial charge in [0.25, 0.3) is 0 Å². The van der Waals surface area contributed by atoms with Crippen LogP contribution in [-0.4, -0.2) is 16.1 Å². The molecule has 138 valence electrons. The Bertz CT molecular complexity index is 1080. The number of halogens is 6. The van der Waals surface area contributed by atoms with Crippen LogP contribution < -0.4 is 0 Å². The highest BCUT2D eigenvalue weighted by Gasteiger charge is 2.20. The first kappa shape index (κ1) is 20.5. The topological polar surface area (TPSA) is 50.2 Å². The number of carbonyl (C=O) groups is 1. The Kier molecular flexibility index (Phi) is 6.11. The molecule has 0 aliphatic carbocycles. The SMILES string of the molecule is O=C(O)c1ncc(-c2ccc(Cl)c(Cl)c2Cl)cc1-c1ccc(Cl)c(Cl)c1Cl. The van der Waals surface area contributed by atoms with Crippen LogP contribution in [0, 0.1) is 0 Å². The lowest BCUT2D eigenvalue weighted by Gasteiger charge is -2.13. The summed E-state index contributed by atoms with van der Waals surface area (Å²) < 4.78 is 0. The molecule has 0 radical (unpaired) electrons. The molecular formula is C18H7Cl6NO2. The van der Waals surface area contributed by atoms with Crippen LogP contribution in [0.2, 0.25) is 30.1 Å². The second-order valence-corrected chi connectivity index (χ2v) is 7.70. The van der Waals surface area contributed by atoms with Gasteiger partial charge in [0.1, 0.15) is 0 Å². The van der Waals surface area contributed by atoms with Crippen LogP contribution >= 0.6 is 69.6 Å². The zero-order valence-corrected chi connectivity index (χ0v) is 17.6.